The van der Waals surface area contributed by atoms with Gasteiger partial charge in [0.15, 0.2) is 6.10 Å². The molecule has 1 aromatic rings. The number of benzene rings is 1. The standard InChI is InChI=1S/C19H29NO2/c1-14-10-12-20(13-11-14)18(21)15(2)22-17-8-6-16(7-9-17)19(3,4)5/h6-9,14-15H,10-13H2,1-5H3/t15-/m0/s1. The molecule has 0 N–H and O–H groups in total. The Morgan fingerprint density at radius 1 is 1.18 bits per heavy atom. The third-order valence-electron chi connectivity index (χ3n) is 4.48. The highest BCUT2D eigenvalue weighted by Crippen LogP contribution is 2.25. The summed E-state index contributed by atoms with van der Waals surface area (Å²) < 4.78 is 5.83. The number of nitrogens with zero attached hydrogens (tertiary/aromatic N) is 1. The molecule has 1 fully saturated rings. The lowest BCUT2D eigenvalue weighted by molar-refractivity contribution is -0.139. The van der Waals surface area contributed by atoms with Crippen LogP contribution in [0.25, 0.3) is 0 Å². The van der Waals surface area contributed by atoms with E-state index in [2.05, 4.69) is 39.8 Å². The van der Waals surface area contributed by atoms with Crippen molar-refractivity contribution in [3.8, 4) is 5.75 Å². The Kier molecular flexibility index (Phi) is 5.15. The van der Waals surface area contributed by atoms with Gasteiger partial charge in [-0.1, -0.05) is 39.8 Å². The maximum absolute atomic E-state index is 12.4. The molecule has 1 amide bonds. The third-order valence-corrected chi connectivity index (χ3v) is 4.48. The fraction of sp³-hybridized carbons (Fsp3) is 0.632. The highest BCUT2D eigenvalue weighted by Gasteiger charge is 2.25. The van der Waals surface area contributed by atoms with Gasteiger partial charge in [0.2, 0.25) is 0 Å². The molecular formula is C19H29NO2. The molecule has 0 spiro atoms. The number of rotatable bonds is 3. The lowest BCUT2D eigenvalue weighted by Crippen LogP contribution is -2.44. The van der Waals surface area contributed by atoms with Gasteiger partial charge in [-0.3, -0.25) is 4.79 Å². The summed E-state index contributed by atoms with van der Waals surface area (Å²) in [6, 6.07) is 8.08. The normalized spacial score (nSPS) is 18.1. The first-order valence-corrected chi connectivity index (χ1v) is 8.33. The summed E-state index contributed by atoms with van der Waals surface area (Å²) in [4.78, 5) is 14.4. The fourth-order valence-electron chi connectivity index (χ4n) is 2.77. The Morgan fingerprint density at radius 2 is 1.73 bits per heavy atom. The van der Waals surface area contributed by atoms with Gasteiger partial charge in [0.1, 0.15) is 5.75 Å². The van der Waals surface area contributed by atoms with Gasteiger partial charge in [0, 0.05) is 13.1 Å². The maximum Gasteiger partial charge on any atom is 0.263 e. The molecule has 1 atom stereocenters. The first-order valence-electron chi connectivity index (χ1n) is 8.33. The number of ether oxygens (including phenoxy) is 1. The van der Waals surface area contributed by atoms with Crippen molar-refractivity contribution in [2.75, 3.05) is 13.1 Å². The van der Waals surface area contributed by atoms with Crippen molar-refractivity contribution < 1.29 is 9.53 Å². The van der Waals surface area contributed by atoms with E-state index < -0.39 is 6.10 Å². The number of carbonyl (C=O) groups is 1. The van der Waals surface area contributed by atoms with Crippen molar-refractivity contribution in [2.24, 2.45) is 5.92 Å². The van der Waals surface area contributed by atoms with Crippen LogP contribution in [0.15, 0.2) is 24.3 Å². The lowest BCUT2D eigenvalue weighted by Gasteiger charge is -2.32. The van der Waals surface area contributed by atoms with Crippen LogP contribution in [-0.2, 0) is 10.2 Å². The molecule has 1 heterocycles. The molecule has 0 bridgehead atoms. The first kappa shape index (κ1) is 16.9. The number of likely N-dealkylation sites (tertiary alicyclic amines) is 1. The van der Waals surface area contributed by atoms with Crippen molar-refractivity contribution in [2.45, 2.75) is 59.0 Å². The molecule has 0 aromatic heterocycles. The SMILES string of the molecule is CC1CCN(C(=O)[C@H](C)Oc2ccc(C(C)(C)C)cc2)CC1. The van der Waals surface area contributed by atoms with Crippen LogP contribution in [0.1, 0.15) is 53.0 Å². The number of piperidine rings is 1. The minimum absolute atomic E-state index is 0.104. The average Bonchev–Trinajstić information content (AvgIpc) is 2.47. The van der Waals surface area contributed by atoms with Crippen molar-refractivity contribution in [1.82, 2.24) is 4.90 Å². The van der Waals surface area contributed by atoms with Crippen LogP contribution in [0.4, 0.5) is 0 Å². The third kappa shape index (κ3) is 4.25. The van der Waals surface area contributed by atoms with E-state index in [4.69, 9.17) is 4.74 Å². The number of hydrogen-bond donors (Lipinski definition) is 0. The predicted molar refractivity (Wildman–Crippen MR) is 90.2 cm³/mol. The lowest BCUT2D eigenvalue weighted by atomic mass is 9.87. The van der Waals surface area contributed by atoms with Crippen molar-refractivity contribution in [1.29, 1.82) is 0 Å². The highest BCUT2D eigenvalue weighted by atomic mass is 16.5. The van der Waals surface area contributed by atoms with Crippen LogP contribution in [0, 0.1) is 5.92 Å². The van der Waals surface area contributed by atoms with E-state index >= 15 is 0 Å². The summed E-state index contributed by atoms with van der Waals surface area (Å²) in [5, 5.41) is 0. The number of amides is 1. The molecule has 0 radical (unpaired) electrons. The van der Waals surface area contributed by atoms with Gasteiger partial charge in [-0.25, -0.2) is 0 Å². The minimum atomic E-state index is -0.422. The van der Waals surface area contributed by atoms with Crippen LogP contribution in [-0.4, -0.2) is 30.0 Å². The Hall–Kier alpha value is -1.51. The van der Waals surface area contributed by atoms with Crippen LogP contribution >= 0.6 is 0 Å². The molecule has 1 aliphatic rings. The summed E-state index contributed by atoms with van der Waals surface area (Å²) in [5.74, 6) is 1.59. The molecular weight excluding hydrogens is 274 g/mol. The molecule has 1 saturated heterocycles. The second kappa shape index (κ2) is 6.72. The molecule has 3 heteroatoms. The summed E-state index contributed by atoms with van der Waals surface area (Å²) in [5.41, 5.74) is 1.40. The second-order valence-corrected chi connectivity index (χ2v) is 7.54. The van der Waals surface area contributed by atoms with Crippen LogP contribution in [0.3, 0.4) is 0 Å². The molecule has 1 aromatic carbocycles. The van der Waals surface area contributed by atoms with E-state index in [1.165, 1.54) is 5.56 Å². The molecule has 3 nitrogen and oxygen atoms in total. The minimum Gasteiger partial charge on any atom is -0.481 e. The predicted octanol–water partition coefficient (Wildman–Crippen LogP) is 4.01. The van der Waals surface area contributed by atoms with E-state index in [0.717, 1.165) is 37.6 Å². The van der Waals surface area contributed by atoms with Gasteiger partial charge in [0.25, 0.3) is 5.91 Å². The Bertz CT molecular complexity index is 493. The fourth-order valence-corrected chi connectivity index (χ4v) is 2.77. The van der Waals surface area contributed by atoms with Crippen LogP contribution < -0.4 is 4.74 Å². The summed E-state index contributed by atoms with van der Waals surface area (Å²) >= 11 is 0. The summed E-state index contributed by atoms with van der Waals surface area (Å²) in [6.07, 6.45) is 1.77. The first-order chi connectivity index (χ1) is 10.3. The highest BCUT2D eigenvalue weighted by molar-refractivity contribution is 5.81. The quantitative estimate of drug-likeness (QED) is 0.844. The Morgan fingerprint density at radius 3 is 2.23 bits per heavy atom. The van der Waals surface area contributed by atoms with E-state index in [9.17, 15) is 4.79 Å². The van der Waals surface area contributed by atoms with E-state index in [0.29, 0.717) is 0 Å². The maximum atomic E-state index is 12.4. The van der Waals surface area contributed by atoms with Crippen molar-refractivity contribution in [3.05, 3.63) is 29.8 Å². The van der Waals surface area contributed by atoms with Crippen LogP contribution in [0.2, 0.25) is 0 Å². The Labute approximate surface area is 134 Å². The molecule has 1 aliphatic heterocycles. The molecule has 2 rings (SSSR count). The molecule has 0 unspecified atom stereocenters. The van der Waals surface area contributed by atoms with Crippen LogP contribution in [0.5, 0.6) is 5.75 Å². The number of hydrogen-bond acceptors (Lipinski definition) is 2. The summed E-state index contributed by atoms with van der Waals surface area (Å²) in [6.45, 7) is 12.4. The zero-order valence-electron chi connectivity index (χ0n) is 14.6. The summed E-state index contributed by atoms with van der Waals surface area (Å²) in [7, 11) is 0. The van der Waals surface area contributed by atoms with Gasteiger partial charge in [-0.15, -0.1) is 0 Å². The Balaban J connectivity index is 1.93. The largest absolute Gasteiger partial charge is 0.481 e. The van der Waals surface area contributed by atoms with Gasteiger partial charge in [0.05, 0.1) is 0 Å². The zero-order valence-corrected chi connectivity index (χ0v) is 14.6. The van der Waals surface area contributed by atoms with E-state index in [-0.39, 0.29) is 11.3 Å². The van der Waals surface area contributed by atoms with Crippen molar-refractivity contribution >= 4 is 5.91 Å². The van der Waals surface area contributed by atoms with E-state index in [1.807, 2.05) is 24.0 Å². The van der Waals surface area contributed by atoms with Gasteiger partial charge in [-0.05, 0) is 48.8 Å². The van der Waals surface area contributed by atoms with Gasteiger partial charge < -0.3 is 9.64 Å². The monoisotopic (exact) mass is 303 g/mol. The van der Waals surface area contributed by atoms with Gasteiger partial charge >= 0.3 is 0 Å². The average molecular weight is 303 g/mol. The van der Waals surface area contributed by atoms with Crippen molar-refractivity contribution in [3.63, 3.8) is 0 Å². The molecule has 22 heavy (non-hydrogen) atoms. The number of carbonyl (C=O) groups excluding carboxylic acids is 1. The molecule has 0 aliphatic carbocycles. The smallest absolute Gasteiger partial charge is 0.263 e. The molecule has 0 saturated carbocycles. The topological polar surface area (TPSA) is 29.5 Å². The van der Waals surface area contributed by atoms with Gasteiger partial charge in [-0.2, -0.15) is 0 Å². The second-order valence-electron chi connectivity index (χ2n) is 7.54. The molecule has 122 valence electrons. The van der Waals surface area contributed by atoms with E-state index in [1.54, 1.807) is 0 Å². The zero-order chi connectivity index (χ0) is 16.3.